The lowest BCUT2D eigenvalue weighted by molar-refractivity contribution is 0.102. The van der Waals surface area contributed by atoms with Crippen molar-refractivity contribution in [2.75, 3.05) is 17.1 Å². The molecule has 0 aliphatic heterocycles. The molecule has 0 aliphatic carbocycles. The fraction of sp³-hybridized carbons (Fsp3) is 0.0476. The molecule has 7 nitrogen and oxygen atoms in total. The van der Waals surface area contributed by atoms with Crippen LogP contribution in [0.15, 0.2) is 77.7 Å². The van der Waals surface area contributed by atoms with Crippen LogP contribution in [0.25, 0.3) is 10.2 Å². The number of amides is 1. The summed E-state index contributed by atoms with van der Waals surface area (Å²) in [5.74, 6) is -0.0470. The van der Waals surface area contributed by atoms with E-state index in [2.05, 4.69) is 15.0 Å². The molecule has 2 N–H and O–H groups in total. The monoisotopic (exact) mass is 439 g/mol. The van der Waals surface area contributed by atoms with Crippen molar-refractivity contribution in [2.45, 2.75) is 4.90 Å². The molecule has 0 spiro atoms. The molecule has 152 valence electrons. The van der Waals surface area contributed by atoms with E-state index >= 15 is 0 Å². The van der Waals surface area contributed by atoms with E-state index in [0.717, 1.165) is 10.2 Å². The van der Waals surface area contributed by atoms with Gasteiger partial charge in [-0.3, -0.25) is 14.8 Å². The second-order valence-electron chi connectivity index (χ2n) is 6.27. The number of ether oxygens (including phenoxy) is 1. The zero-order valence-electron chi connectivity index (χ0n) is 15.8. The summed E-state index contributed by atoms with van der Waals surface area (Å²) in [6.45, 7) is 0. The van der Waals surface area contributed by atoms with Gasteiger partial charge in [-0.2, -0.15) is 0 Å². The van der Waals surface area contributed by atoms with Crippen LogP contribution >= 0.6 is 11.3 Å². The van der Waals surface area contributed by atoms with Crippen LogP contribution < -0.4 is 14.8 Å². The van der Waals surface area contributed by atoms with Gasteiger partial charge in [0.1, 0.15) is 5.75 Å². The van der Waals surface area contributed by atoms with Gasteiger partial charge in [0.05, 0.1) is 27.9 Å². The van der Waals surface area contributed by atoms with Gasteiger partial charge in [0.25, 0.3) is 15.9 Å². The molecule has 0 fully saturated rings. The number of aromatic nitrogens is 1. The van der Waals surface area contributed by atoms with Crippen molar-refractivity contribution < 1.29 is 17.9 Å². The number of rotatable bonds is 6. The first-order chi connectivity index (χ1) is 14.5. The van der Waals surface area contributed by atoms with Gasteiger partial charge >= 0.3 is 0 Å². The Bertz CT molecular complexity index is 1300. The van der Waals surface area contributed by atoms with Crippen LogP contribution in [-0.2, 0) is 10.0 Å². The number of carbonyl (C=O) groups excluding carboxylic acids is 1. The van der Waals surface area contributed by atoms with Crippen LogP contribution in [0.2, 0.25) is 0 Å². The number of anilines is 2. The number of fused-ring (bicyclic) bond motifs is 1. The molecule has 0 radical (unpaired) electrons. The predicted octanol–water partition coefficient (Wildman–Crippen LogP) is 4.36. The van der Waals surface area contributed by atoms with Gasteiger partial charge < -0.3 is 4.74 Å². The average Bonchev–Trinajstić information content (AvgIpc) is 3.16. The third-order valence-corrected chi connectivity index (χ3v) is 6.59. The standard InChI is InChI=1S/C21H17N3O4S2/c1-28-18-11-4-2-9-16(18)24-30(26,27)15-8-6-7-14(13-15)20(25)23-21-22-17-10-3-5-12-19(17)29-21/h2-13,24H,1H3,(H,22,23,25). The van der Waals surface area contributed by atoms with Gasteiger partial charge in [-0.15, -0.1) is 0 Å². The minimum absolute atomic E-state index is 0.0367. The number of methoxy groups -OCH3 is 1. The minimum Gasteiger partial charge on any atom is -0.495 e. The van der Waals surface area contributed by atoms with Crippen LogP contribution in [0.1, 0.15) is 10.4 Å². The fourth-order valence-electron chi connectivity index (χ4n) is 2.83. The summed E-state index contributed by atoms with van der Waals surface area (Å²) in [6.07, 6.45) is 0. The molecule has 4 aromatic rings. The Morgan fingerprint density at radius 3 is 2.57 bits per heavy atom. The first-order valence-electron chi connectivity index (χ1n) is 8.89. The van der Waals surface area contributed by atoms with E-state index in [1.165, 1.54) is 36.6 Å². The van der Waals surface area contributed by atoms with E-state index in [4.69, 9.17) is 4.74 Å². The quantitative estimate of drug-likeness (QED) is 0.465. The molecule has 0 bridgehead atoms. The Balaban J connectivity index is 1.57. The molecule has 0 atom stereocenters. The maximum atomic E-state index is 12.8. The maximum absolute atomic E-state index is 12.8. The van der Waals surface area contributed by atoms with Crippen molar-refractivity contribution in [3.05, 3.63) is 78.4 Å². The number of hydrogen-bond acceptors (Lipinski definition) is 6. The number of hydrogen-bond donors (Lipinski definition) is 2. The van der Waals surface area contributed by atoms with Crippen LogP contribution in [0, 0.1) is 0 Å². The molecule has 1 amide bonds. The van der Waals surface area contributed by atoms with E-state index in [-0.39, 0.29) is 10.5 Å². The van der Waals surface area contributed by atoms with Crippen molar-refractivity contribution >= 4 is 48.3 Å². The van der Waals surface area contributed by atoms with Crippen LogP contribution in [0.5, 0.6) is 5.75 Å². The molecule has 4 rings (SSSR count). The lowest BCUT2D eigenvalue weighted by atomic mass is 10.2. The van der Waals surface area contributed by atoms with Crippen LogP contribution in [-0.4, -0.2) is 26.4 Å². The van der Waals surface area contributed by atoms with Crippen molar-refractivity contribution in [1.29, 1.82) is 0 Å². The molecular weight excluding hydrogens is 422 g/mol. The lowest BCUT2D eigenvalue weighted by Crippen LogP contribution is -2.16. The molecule has 1 aromatic heterocycles. The van der Waals surface area contributed by atoms with E-state index in [1.807, 2.05) is 24.3 Å². The molecule has 0 saturated carbocycles. The minimum atomic E-state index is -3.92. The van der Waals surface area contributed by atoms with Gasteiger partial charge in [-0.05, 0) is 42.5 Å². The molecule has 0 unspecified atom stereocenters. The van der Waals surface area contributed by atoms with Crippen molar-refractivity contribution in [1.82, 2.24) is 4.98 Å². The summed E-state index contributed by atoms with van der Waals surface area (Å²) in [5, 5.41) is 3.17. The first kappa shape index (κ1) is 19.9. The summed E-state index contributed by atoms with van der Waals surface area (Å²) in [5.41, 5.74) is 1.30. The van der Waals surface area contributed by atoms with Crippen molar-refractivity contribution in [2.24, 2.45) is 0 Å². The van der Waals surface area contributed by atoms with Crippen LogP contribution in [0.3, 0.4) is 0 Å². The van der Waals surface area contributed by atoms with E-state index in [0.29, 0.717) is 16.6 Å². The van der Waals surface area contributed by atoms with Gasteiger partial charge in [0.2, 0.25) is 0 Å². The van der Waals surface area contributed by atoms with E-state index in [9.17, 15) is 13.2 Å². The summed E-state index contributed by atoms with van der Waals surface area (Å²) < 4.78 is 34.2. The molecule has 30 heavy (non-hydrogen) atoms. The Labute approximate surface area is 177 Å². The topological polar surface area (TPSA) is 97.4 Å². The Kier molecular flexibility index (Phi) is 5.39. The Hall–Kier alpha value is -3.43. The first-order valence-corrected chi connectivity index (χ1v) is 11.2. The summed E-state index contributed by atoms with van der Waals surface area (Å²) in [6, 6.07) is 20.0. The number of para-hydroxylation sites is 3. The van der Waals surface area contributed by atoms with Gasteiger partial charge in [-0.25, -0.2) is 13.4 Å². The number of benzene rings is 3. The number of thiazole rings is 1. The molecule has 9 heteroatoms. The average molecular weight is 440 g/mol. The second kappa shape index (κ2) is 8.13. The highest BCUT2D eigenvalue weighted by Crippen LogP contribution is 2.27. The SMILES string of the molecule is COc1ccccc1NS(=O)(=O)c1cccc(C(=O)Nc2nc3ccccc3s2)c1. The van der Waals surface area contributed by atoms with Gasteiger partial charge in [-0.1, -0.05) is 41.7 Å². The Morgan fingerprint density at radius 2 is 1.77 bits per heavy atom. The fourth-order valence-corrected chi connectivity index (χ4v) is 4.81. The summed E-state index contributed by atoms with van der Waals surface area (Å²) in [4.78, 5) is 17.0. The van der Waals surface area contributed by atoms with Crippen LogP contribution in [0.4, 0.5) is 10.8 Å². The summed E-state index contributed by atoms with van der Waals surface area (Å²) in [7, 11) is -2.46. The molecule has 0 saturated heterocycles. The Morgan fingerprint density at radius 1 is 1.00 bits per heavy atom. The maximum Gasteiger partial charge on any atom is 0.262 e. The molecule has 3 aromatic carbocycles. The third kappa shape index (κ3) is 4.12. The summed E-state index contributed by atoms with van der Waals surface area (Å²) >= 11 is 1.35. The molecule has 0 aliphatic rings. The number of nitrogens with zero attached hydrogens (tertiary/aromatic N) is 1. The van der Waals surface area contributed by atoms with Crippen molar-refractivity contribution in [3.63, 3.8) is 0 Å². The largest absolute Gasteiger partial charge is 0.495 e. The highest BCUT2D eigenvalue weighted by atomic mass is 32.2. The predicted molar refractivity (Wildman–Crippen MR) is 118 cm³/mol. The van der Waals surface area contributed by atoms with Gasteiger partial charge in [0, 0.05) is 5.56 Å². The smallest absolute Gasteiger partial charge is 0.262 e. The number of sulfonamides is 1. The number of nitrogens with one attached hydrogen (secondary N) is 2. The zero-order valence-corrected chi connectivity index (χ0v) is 17.5. The van der Waals surface area contributed by atoms with Gasteiger partial charge in [0.15, 0.2) is 5.13 Å². The van der Waals surface area contributed by atoms with E-state index in [1.54, 1.807) is 30.3 Å². The van der Waals surface area contributed by atoms with E-state index < -0.39 is 15.9 Å². The highest BCUT2D eigenvalue weighted by Gasteiger charge is 2.19. The second-order valence-corrected chi connectivity index (χ2v) is 8.99. The number of carbonyl (C=O) groups is 1. The normalized spacial score (nSPS) is 11.2. The molecular formula is C21H17N3O4S2. The highest BCUT2D eigenvalue weighted by molar-refractivity contribution is 7.92. The lowest BCUT2D eigenvalue weighted by Gasteiger charge is -2.12. The third-order valence-electron chi connectivity index (χ3n) is 4.27. The van der Waals surface area contributed by atoms with Crippen molar-refractivity contribution in [3.8, 4) is 5.75 Å². The zero-order chi connectivity index (χ0) is 21.1. The molecule has 1 heterocycles.